The van der Waals surface area contributed by atoms with Crippen molar-refractivity contribution in [2.24, 2.45) is 5.92 Å². The molecule has 0 bridgehead atoms. The molecule has 6 nitrogen and oxygen atoms in total. The maximum absolute atomic E-state index is 11.4. The molecule has 0 aromatic carbocycles. The Morgan fingerprint density at radius 1 is 0.867 bits per heavy atom. The van der Waals surface area contributed by atoms with E-state index in [4.69, 9.17) is 0 Å². The second-order valence-electron chi connectivity index (χ2n) is 6.17. The molecule has 30 heavy (non-hydrogen) atoms. The molecule has 0 aliphatic rings. The van der Waals surface area contributed by atoms with Gasteiger partial charge >= 0.3 is 11.0 Å². The van der Waals surface area contributed by atoms with Gasteiger partial charge in [0.25, 0.3) is 0 Å². The van der Waals surface area contributed by atoms with Crippen LogP contribution >= 0.6 is 0 Å². The molecule has 0 radical (unpaired) electrons. The van der Waals surface area contributed by atoms with E-state index >= 15 is 0 Å². The van der Waals surface area contributed by atoms with Gasteiger partial charge in [-0.25, -0.2) is 16.8 Å². The highest BCUT2D eigenvalue weighted by Crippen LogP contribution is 2.36. The summed E-state index contributed by atoms with van der Waals surface area (Å²) in [7, 11) is -13.4. The second kappa shape index (κ2) is 14.0. The number of unbranched alkanes of at least 4 members (excludes halogenated alkanes) is 2. The number of allylic oxidation sites excluding steroid dienone is 2. The molecule has 0 spiro atoms. The monoisotopic (exact) mass is 490 g/mol. The molecule has 0 aliphatic heterocycles. The minimum Gasteiger partial charge on any atom is -0.421 e. The summed E-state index contributed by atoms with van der Waals surface area (Å²) in [5.74, 6) is 0.787. The molecule has 0 atom stereocenters. The lowest BCUT2D eigenvalue weighted by Gasteiger charge is -2.22. The molecule has 0 rings (SSSR count). The van der Waals surface area contributed by atoms with Crippen molar-refractivity contribution in [3.8, 4) is 0 Å². The zero-order valence-corrected chi connectivity index (χ0v) is 18.2. The zero-order chi connectivity index (χ0) is 24.1. The third-order valence-electron chi connectivity index (χ3n) is 3.59. The lowest BCUT2D eigenvalue weighted by atomic mass is 9.94. The molecular weight excluding hydrogens is 462 g/mol. The Morgan fingerprint density at radius 2 is 1.30 bits per heavy atom. The van der Waals surface area contributed by atoms with Crippen LogP contribution in [0.25, 0.3) is 4.13 Å². The van der Waals surface area contributed by atoms with Gasteiger partial charge in [0.05, 0.1) is 13.1 Å². The van der Waals surface area contributed by atoms with Crippen LogP contribution in [0, 0.1) is 5.92 Å². The van der Waals surface area contributed by atoms with Crippen molar-refractivity contribution in [2.75, 3.05) is 13.1 Å². The first-order valence-corrected chi connectivity index (χ1v) is 11.8. The van der Waals surface area contributed by atoms with Crippen molar-refractivity contribution in [2.45, 2.75) is 56.5 Å². The highest BCUT2D eigenvalue weighted by atomic mass is 32.3. The average Bonchev–Trinajstić information content (AvgIpc) is 2.56. The Bertz CT molecular complexity index is 652. The van der Waals surface area contributed by atoms with Crippen molar-refractivity contribution >= 4 is 20.0 Å². The van der Waals surface area contributed by atoms with Crippen LogP contribution in [0.15, 0.2) is 25.3 Å². The third kappa shape index (κ3) is 13.2. The molecule has 0 saturated carbocycles. The topological polar surface area (TPSA) is 99.0 Å². The summed E-state index contributed by atoms with van der Waals surface area (Å²) in [5, 5.41) is 2.38. The Balaban J connectivity index is 0. The van der Waals surface area contributed by atoms with Gasteiger partial charge in [0.1, 0.15) is 0 Å². The van der Waals surface area contributed by atoms with Gasteiger partial charge in [0.15, 0.2) is 20.0 Å². The van der Waals surface area contributed by atoms with E-state index in [1.165, 1.54) is 38.8 Å². The van der Waals surface area contributed by atoms with Gasteiger partial charge < -0.3 is 9.44 Å². The second-order valence-corrected chi connectivity index (χ2v) is 9.59. The molecule has 0 saturated heterocycles. The summed E-state index contributed by atoms with van der Waals surface area (Å²) in [4.78, 5) is 0. The van der Waals surface area contributed by atoms with Crippen LogP contribution < -0.4 is 5.32 Å². The molecule has 2 N–H and O–H groups in total. The number of nitrogens with zero attached hydrogens (tertiary/aromatic N) is 1. The van der Waals surface area contributed by atoms with E-state index in [1.54, 1.807) is 0 Å². The maximum Gasteiger partial charge on any atom is 0.480 e. The highest BCUT2D eigenvalue weighted by molar-refractivity contribution is 8.13. The number of nitrogens with two attached hydrogens (primary N) is 1. The van der Waals surface area contributed by atoms with Gasteiger partial charge in [-0.1, -0.05) is 18.6 Å². The molecule has 14 heteroatoms. The first kappa shape index (κ1) is 31.1. The minimum atomic E-state index is -6.72. The van der Waals surface area contributed by atoms with Crippen molar-refractivity contribution in [3.63, 3.8) is 0 Å². The quantitative estimate of drug-likeness (QED) is 0.240. The molecule has 180 valence electrons. The SMILES string of the molecule is C=CCC(CC=C)CCCCC[NH2+]CC.O=S(=O)([N-]S(=O)(=O)C(F)(F)F)C(F)(F)F. The summed E-state index contributed by atoms with van der Waals surface area (Å²) >= 11 is 0. The standard InChI is InChI=1S/C14H27N.C2F6NO4S2/c1-4-10-14(11-5-2)12-8-7-9-13-15-6-3;3-1(4,5)14(10,11)9-15(12,13)2(6,7)8/h4-5,14-15H,1-2,6-13H2,3H3;/q;-1/p+1. The van der Waals surface area contributed by atoms with E-state index in [0.29, 0.717) is 0 Å². The summed E-state index contributed by atoms with van der Waals surface area (Å²) in [6.45, 7) is 12.4. The molecule has 0 unspecified atom stereocenters. The number of rotatable bonds is 13. The van der Waals surface area contributed by atoms with Crippen LogP contribution in [-0.2, 0) is 20.0 Å². The predicted octanol–water partition coefficient (Wildman–Crippen LogP) is 3.96. The predicted molar refractivity (Wildman–Crippen MR) is 102 cm³/mol. The van der Waals surface area contributed by atoms with E-state index in [-0.39, 0.29) is 0 Å². The zero-order valence-electron chi connectivity index (χ0n) is 16.5. The molecule has 0 aromatic rings. The highest BCUT2D eigenvalue weighted by Gasteiger charge is 2.46. The van der Waals surface area contributed by atoms with Crippen LogP contribution in [0.1, 0.15) is 45.4 Å². The number of quaternary nitrogens is 1. The lowest BCUT2D eigenvalue weighted by Crippen LogP contribution is -2.83. The van der Waals surface area contributed by atoms with Gasteiger partial charge in [-0.3, -0.25) is 0 Å². The van der Waals surface area contributed by atoms with E-state index in [9.17, 15) is 43.2 Å². The average molecular weight is 491 g/mol. The Hall–Kier alpha value is -1.12. The Labute approximate surface area is 173 Å². The summed E-state index contributed by atoms with van der Waals surface area (Å²) in [6, 6.07) is 0. The minimum absolute atomic E-state index is 0.778. The number of alkyl halides is 6. The van der Waals surface area contributed by atoms with Gasteiger partial charge in [-0.15, -0.1) is 13.2 Å². The molecule has 0 fully saturated rings. The number of hydrogen-bond acceptors (Lipinski definition) is 4. The van der Waals surface area contributed by atoms with Gasteiger partial charge in [-0.2, -0.15) is 26.3 Å². The summed E-state index contributed by atoms with van der Waals surface area (Å²) in [6.07, 6.45) is 11.8. The number of sulfonamides is 2. The first-order valence-electron chi connectivity index (χ1n) is 8.96. The fourth-order valence-corrected chi connectivity index (χ4v) is 3.83. The fraction of sp³-hybridized carbons (Fsp3) is 0.750. The van der Waals surface area contributed by atoms with Crippen LogP contribution in [0.2, 0.25) is 0 Å². The van der Waals surface area contributed by atoms with Gasteiger partial charge in [-0.05, 0) is 44.9 Å². The normalized spacial score (nSPS) is 12.9. The maximum atomic E-state index is 11.4. The third-order valence-corrected chi connectivity index (χ3v) is 6.33. The van der Waals surface area contributed by atoms with Crippen molar-refractivity contribution in [1.82, 2.24) is 0 Å². The summed E-state index contributed by atoms with van der Waals surface area (Å²) in [5.41, 5.74) is -12.4. The smallest absolute Gasteiger partial charge is 0.421 e. The first-order chi connectivity index (χ1) is 13.6. The van der Waals surface area contributed by atoms with Crippen LogP contribution in [0.3, 0.4) is 0 Å². The molecular formula is C16H28F6N2O4S2. The molecule has 0 aromatic heterocycles. The van der Waals surface area contributed by atoms with Crippen molar-refractivity contribution in [1.29, 1.82) is 0 Å². The molecule has 0 heterocycles. The van der Waals surface area contributed by atoms with Crippen molar-refractivity contribution < 1.29 is 48.5 Å². The van der Waals surface area contributed by atoms with Crippen molar-refractivity contribution in [3.05, 3.63) is 29.4 Å². The lowest BCUT2D eigenvalue weighted by molar-refractivity contribution is -0.652. The van der Waals surface area contributed by atoms with Crippen LogP contribution in [0.4, 0.5) is 26.3 Å². The number of hydrogen-bond donors (Lipinski definition) is 1. The largest absolute Gasteiger partial charge is 0.480 e. The van der Waals surface area contributed by atoms with E-state index in [2.05, 4.69) is 25.4 Å². The molecule has 0 amide bonds. The summed E-state index contributed by atoms with van der Waals surface area (Å²) < 4.78 is 109. The van der Waals surface area contributed by atoms with E-state index in [1.807, 2.05) is 12.2 Å². The van der Waals surface area contributed by atoms with Gasteiger partial charge in [0.2, 0.25) is 0 Å². The van der Waals surface area contributed by atoms with E-state index < -0.39 is 31.1 Å². The fourth-order valence-electron chi connectivity index (χ4n) is 2.12. The van der Waals surface area contributed by atoms with Gasteiger partial charge in [0, 0.05) is 0 Å². The van der Waals surface area contributed by atoms with E-state index in [0.717, 1.165) is 22.9 Å². The van der Waals surface area contributed by atoms with Crippen LogP contribution in [0.5, 0.6) is 0 Å². The van der Waals surface area contributed by atoms with Crippen LogP contribution in [-0.4, -0.2) is 40.9 Å². The molecule has 0 aliphatic carbocycles. The Kier molecular flexibility index (Phi) is 14.5. The number of halogens is 6. The Morgan fingerprint density at radius 3 is 1.63 bits per heavy atom.